The summed E-state index contributed by atoms with van der Waals surface area (Å²) in [5, 5.41) is 9.06. The van der Waals surface area contributed by atoms with Gasteiger partial charge in [-0.1, -0.05) is 11.6 Å². The van der Waals surface area contributed by atoms with Gasteiger partial charge in [0.2, 0.25) is 10.0 Å². The highest BCUT2D eigenvalue weighted by Crippen LogP contribution is 2.23. The lowest BCUT2D eigenvalue weighted by atomic mass is 10.2. The fourth-order valence-corrected chi connectivity index (χ4v) is 2.99. The molecule has 0 fully saturated rings. The van der Waals surface area contributed by atoms with Crippen LogP contribution in [-0.2, 0) is 16.6 Å². The summed E-state index contributed by atoms with van der Waals surface area (Å²) in [7, 11) is -0.405. The summed E-state index contributed by atoms with van der Waals surface area (Å²) in [5.41, 5.74) is -0.154. The Balaban J connectivity index is 3.07. The van der Waals surface area contributed by atoms with Gasteiger partial charge in [-0.15, -0.1) is 0 Å². The number of benzene rings is 1. The van der Waals surface area contributed by atoms with Crippen LogP contribution in [0.3, 0.4) is 0 Å². The monoisotopic (exact) mass is 324 g/mol. The molecule has 0 amide bonds. The van der Waals surface area contributed by atoms with Gasteiger partial charge in [0.25, 0.3) is 0 Å². The van der Waals surface area contributed by atoms with Crippen LogP contribution in [-0.4, -0.2) is 45.1 Å². The van der Waals surface area contributed by atoms with E-state index in [0.717, 1.165) is 6.07 Å². The van der Waals surface area contributed by atoms with Crippen molar-refractivity contribution in [3.05, 3.63) is 28.5 Å². The maximum Gasteiger partial charge on any atom is 0.243 e. The summed E-state index contributed by atoms with van der Waals surface area (Å²) in [6, 6.07) is 2.17. The van der Waals surface area contributed by atoms with E-state index in [1.807, 2.05) is 25.9 Å². The van der Waals surface area contributed by atoms with Crippen molar-refractivity contribution in [2.45, 2.75) is 24.5 Å². The van der Waals surface area contributed by atoms with Gasteiger partial charge in [0.15, 0.2) is 0 Å². The molecular weight excluding hydrogens is 307 g/mol. The number of sulfonamides is 1. The van der Waals surface area contributed by atoms with Gasteiger partial charge < -0.3 is 10.0 Å². The lowest BCUT2D eigenvalue weighted by molar-refractivity contribution is 0.274. The van der Waals surface area contributed by atoms with Crippen LogP contribution >= 0.6 is 11.6 Å². The minimum absolute atomic E-state index is 0.0515. The molecule has 20 heavy (non-hydrogen) atoms. The van der Waals surface area contributed by atoms with Crippen molar-refractivity contribution in [2.75, 3.05) is 20.6 Å². The number of likely N-dealkylation sites (N-methyl/N-ethyl adjacent to an activating group) is 1. The first kappa shape index (κ1) is 17.3. The molecule has 0 spiro atoms. The van der Waals surface area contributed by atoms with E-state index in [1.165, 1.54) is 6.07 Å². The van der Waals surface area contributed by atoms with Crippen molar-refractivity contribution in [1.82, 2.24) is 9.62 Å². The summed E-state index contributed by atoms with van der Waals surface area (Å²) < 4.78 is 40.5. The predicted octanol–water partition coefficient (Wildman–Crippen LogP) is 1.20. The molecule has 0 bridgehead atoms. The highest BCUT2D eigenvalue weighted by Gasteiger charge is 2.23. The number of rotatable bonds is 6. The average molecular weight is 325 g/mol. The number of hydrogen-bond donors (Lipinski definition) is 2. The Morgan fingerprint density at radius 3 is 2.55 bits per heavy atom. The molecule has 0 radical (unpaired) electrons. The first-order chi connectivity index (χ1) is 9.19. The van der Waals surface area contributed by atoms with E-state index in [1.54, 1.807) is 0 Å². The zero-order valence-corrected chi connectivity index (χ0v) is 13.1. The van der Waals surface area contributed by atoms with Gasteiger partial charge in [0.05, 0.1) is 6.61 Å². The smallest absolute Gasteiger partial charge is 0.243 e. The zero-order chi connectivity index (χ0) is 15.5. The van der Waals surface area contributed by atoms with Gasteiger partial charge in [0.1, 0.15) is 10.7 Å². The van der Waals surface area contributed by atoms with Crippen LogP contribution in [0.5, 0.6) is 0 Å². The molecule has 0 aromatic heterocycles. The zero-order valence-electron chi connectivity index (χ0n) is 11.5. The summed E-state index contributed by atoms with van der Waals surface area (Å²) in [4.78, 5) is 1.27. The van der Waals surface area contributed by atoms with Crippen LogP contribution in [0, 0.1) is 5.82 Å². The second-order valence-electron chi connectivity index (χ2n) is 4.70. The normalized spacial score (nSPS) is 13.8. The van der Waals surface area contributed by atoms with Gasteiger partial charge in [-0.3, -0.25) is 0 Å². The van der Waals surface area contributed by atoms with Crippen molar-refractivity contribution >= 4 is 21.6 Å². The van der Waals surface area contributed by atoms with Crippen molar-refractivity contribution in [1.29, 1.82) is 0 Å². The Labute approximate surface area is 123 Å². The second-order valence-corrected chi connectivity index (χ2v) is 6.87. The average Bonchev–Trinajstić information content (AvgIpc) is 2.37. The van der Waals surface area contributed by atoms with Gasteiger partial charge in [0, 0.05) is 23.2 Å². The summed E-state index contributed by atoms with van der Waals surface area (Å²) in [6.45, 7) is 1.34. The van der Waals surface area contributed by atoms with Gasteiger partial charge >= 0.3 is 0 Å². The highest BCUT2D eigenvalue weighted by atomic mass is 35.5. The number of hydrogen-bond acceptors (Lipinski definition) is 4. The van der Waals surface area contributed by atoms with Crippen molar-refractivity contribution in [3.63, 3.8) is 0 Å². The Morgan fingerprint density at radius 1 is 1.45 bits per heavy atom. The minimum Gasteiger partial charge on any atom is -0.392 e. The van der Waals surface area contributed by atoms with Gasteiger partial charge in [-0.05, 0) is 33.2 Å². The van der Waals surface area contributed by atoms with Crippen LogP contribution in [0.1, 0.15) is 12.5 Å². The second kappa shape index (κ2) is 6.82. The molecular formula is C12H18ClFN2O3S. The third-order valence-electron chi connectivity index (χ3n) is 2.99. The Hall–Kier alpha value is -0.730. The maximum absolute atomic E-state index is 14.0. The largest absolute Gasteiger partial charge is 0.392 e. The SMILES string of the molecule is CC(CNS(=O)(=O)c1cc(Cl)cc(CO)c1F)N(C)C. The molecule has 0 aliphatic carbocycles. The molecule has 1 aromatic rings. The molecule has 1 rings (SSSR count). The lowest BCUT2D eigenvalue weighted by Crippen LogP contribution is -2.38. The Bertz CT molecular complexity index is 578. The van der Waals surface area contributed by atoms with Gasteiger partial charge in [-0.25, -0.2) is 17.5 Å². The van der Waals surface area contributed by atoms with Crippen molar-refractivity contribution in [2.24, 2.45) is 0 Å². The van der Waals surface area contributed by atoms with E-state index >= 15 is 0 Å². The fraction of sp³-hybridized carbons (Fsp3) is 0.500. The topological polar surface area (TPSA) is 69.6 Å². The summed E-state index contributed by atoms with van der Waals surface area (Å²) in [5.74, 6) is -0.984. The van der Waals surface area contributed by atoms with Crippen LogP contribution in [0.4, 0.5) is 4.39 Å². The Morgan fingerprint density at radius 2 is 2.05 bits per heavy atom. The third kappa shape index (κ3) is 4.13. The van der Waals surface area contributed by atoms with Crippen molar-refractivity contribution in [3.8, 4) is 0 Å². The molecule has 1 aromatic carbocycles. The number of nitrogens with zero attached hydrogens (tertiary/aromatic N) is 1. The lowest BCUT2D eigenvalue weighted by Gasteiger charge is -2.20. The van der Waals surface area contributed by atoms with Crippen LogP contribution in [0.25, 0.3) is 0 Å². The molecule has 0 heterocycles. The van der Waals surface area contributed by atoms with E-state index in [2.05, 4.69) is 4.72 Å². The predicted molar refractivity (Wildman–Crippen MR) is 75.7 cm³/mol. The van der Waals surface area contributed by atoms with E-state index in [0.29, 0.717) is 0 Å². The van der Waals surface area contributed by atoms with Crippen LogP contribution in [0.2, 0.25) is 5.02 Å². The maximum atomic E-state index is 14.0. The number of nitrogens with one attached hydrogen (secondary N) is 1. The van der Waals surface area contributed by atoms with E-state index in [9.17, 15) is 12.8 Å². The van der Waals surface area contributed by atoms with E-state index in [4.69, 9.17) is 16.7 Å². The first-order valence-electron chi connectivity index (χ1n) is 5.94. The third-order valence-corrected chi connectivity index (χ3v) is 4.63. The standard InChI is InChI=1S/C12H18ClFN2O3S/c1-8(16(2)3)6-15-20(18,19)11-5-10(13)4-9(7-17)12(11)14/h4-5,8,15,17H,6-7H2,1-3H3. The van der Waals surface area contributed by atoms with E-state index in [-0.39, 0.29) is 23.2 Å². The molecule has 5 nitrogen and oxygen atoms in total. The number of aliphatic hydroxyl groups is 1. The summed E-state index contributed by atoms with van der Waals surface area (Å²) in [6.07, 6.45) is 0. The van der Waals surface area contributed by atoms with Crippen molar-refractivity contribution < 1.29 is 17.9 Å². The quantitative estimate of drug-likeness (QED) is 0.825. The molecule has 0 saturated heterocycles. The molecule has 1 unspecified atom stereocenters. The molecule has 0 aliphatic heterocycles. The molecule has 8 heteroatoms. The number of aliphatic hydroxyl groups excluding tert-OH is 1. The molecule has 0 saturated carbocycles. The molecule has 2 N–H and O–H groups in total. The van der Waals surface area contributed by atoms with Crippen LogP contribution in [0.15, 0.2) is 17.0 Å². The Kier molecular flexibility index (Phi) is 5.91. The van der Waals surface area contributed by atoms with Gasteiger partial charge in [-0.2, -0.15) is 0 Å². The number of halogens is 2. The highest BCUT2D eigenvalue weighted by molar-refractivity contribution is 7.89. The fourth-order valence-electron chi connectivity index (χ4n) is 1.42. The summed E-state index contributed by atoms with van der Waals surface area (Å²) >= 11 is 5.74. The van der Waals surface area contributed by atoms with E-state index < -0.39 is 27.3 Å². The molecule has 114 valence electrons. The van der Waals surface area contributed by atoms with Crippen LogP contribution < -0.4 is 4.72 Å². The minimum atomic E-state index is -4.02. The molecule has 0 aliphatic rings. The first-order valence-corrected chi connectivity index (χ1v) is 7.80. The molecule has 1 atom stereocenters.